The Hall–Kier alpha value is -3.22. The molecule has 27 heavy (non-hydrogen) atoms. The molecule has 1 amide bonds. The maximum atomic E-state index is 12.7. The van der Waals surface area contributed by atoms with Crippen LogP contribution >= 0.6 is 0 Å². The predicted octanol–water partition coefficient (Wildman–Crippen LogP) is 2.87. The Morgan fingerprint density at radius 2 is 2.00 bits per heavy atom. The van der Waals surface area contributed by atoms with Gasteiger partial charge in [0.25, 0.3) is 11.5 Å². The normalized spacial score (nSPS) is 11.1. The van der Waals surface area contributed by atoms with Crippen molar-refractivity contribution in [1.29, 1.82) is 0 Å². The van der Waals surface area contributed by atoms with Crippen LogP contribution in [0.3, 0.4) is 0 Å². The molecule has 0 unspecified atom stereocenters. The Labute approximate surface area is 156 Å². The van der Waals surface area contributed by atoms with E-state index >= 15 is 0 Å². The highest BCUT2D eigenvalue weighted by atomic mass is 16.2. The van der Waals surface area contributed by atoms with Crippen molar-refractivity contribution in [2.75, 3.05) is 5.32 Å². The van der Waals surface area contributed by atoms with Crippen LogP contribution in [0, 0.1) is 0 Å². The smallest absolute Gasteiger partial charge is 0.322 e. The maximum absolute atomic E-state index is 12.7. The van der Waals surface area contributed by atoms with Crippen LogP contribution in [-0.4, -0.2) is 20.4 Å². The number of hydrogen-bond acceptors (Lipinski definition) is 4. The summed E-state index contributed by atoms with van der Waals surface area (Å²) in [6.45, 7) is 6.47. The SMILES string of the molecule is CCCn1c(=O)[nH]c(=O)c2cc(C(=O)Nc3ccccc3C(C)C)cnc21. The number of aryl methyl sites for hydroxylation is 1. The van der Waals surface area contributed by atoms with E-state index in [1.165, 1.54) is 16.8 Å². The minimum atomic E-state index is -0.549. The van der Waals surface area contributed by atoms with E-state index in [-0.39, 0.29) is 28.4 Å². The number of aromatic nitrogens is 3. The van der Waals surface area contributed by atoms with Crippen molar-refractivity contribution < 1.29 is 4.79 Å². The van der Waals surface area contributed by atoms with Crippen molar-refractivity contribution in [2.45, 2.75) is 39.7 Å². The first-order chi connectivity index (χ1) is 12.9. The summed E-state index contributed by atoms with van der Waals surface area (Å²) >= 11 is 0. The molecule has 0 aliphatic heterocycles. The van der Waals surface area contributed by atoms with Gasteiger partial charge in [-0.15, -0.1) is 0 Å². The fraction of sp³-hybridized carbons (Fsp3) is 0.300. The number of hydrogen-bond donors (Lipinski definition) is 2. The molecule has 0 bridgehead atoms. The van der Waals surface area contributed by atoms with Gasteiger partial charge in [-0.05, 0) is 30.0 Å². The summed E-state index contributed by atoms with van der Waals surface area (Å²) in [6.07, 6.45) is 2.11. The lowest BCUT2D eigenvalue weighted by molar-refractivity contribution is 0.102. The molecule has 0 fully saturated rings. The first-order valence-electron chi connectivity index (χ1n) is 8.95. The topological polar surface area (TPSA) is 96.9 Å². The van der Waals surface area contributed by atoms with Crippen LogP contribution in [0.15, 0.2) is 46.1 Å². The van der Waals surface area contributed by atoms with Crippen LogP contribution in [-0.2, 0) is 6.54 Å². The second kappa shape index (κ2) is 7.57. The van der Waals surface area contributed by atoms with Crippen LogP contribution in [0.1, 0.15) is 49.0 Å². The molecule has 2 heterocycles. The zero-order valence-corrected chi connectivity index (χ0v) is 15.6. The van der Waals surface area contributed by atoms with E-state index in [0.29, 0.717) is 6.54 Å². The summed E-state index contributed by atoms with van der Waals surface area (Å²) in [6, 6.07) is 9.06. The summed E-state index contributed by atoms with van der Waals surface area (Å²) in [4.78, 5) is 43.4. The number of fused-ring (bicyclic) bond motifs is 1. The second-order valence-electron chi connectivity index (χ2n) is 6.70. The molecule has 0 atom stereocenters. The Kier molecular flexibility index (Phi) is 5.21. The molecule has 2 N–H and O–H groups in total. The summed E-state index contributed by atoms with van der Waals surface area (Å²) in [7, 11) is 0. The highest BCUT2D eigenvalue weighted by Crippen LogP contribution is 2.24. The molecule has 1 aromatic carbocycles. The third kappa shape index (κ3) is 3.67. The molecule has 140 valence electrons. The maximum Gasteiger partial charge on any atom is 0.329 e. The number of amides is 1. The van der Waals surface area contributed by atoms with Crippen LogP contribution in [0.2, 0.25) is 0 Å². The van der Waals surface area contributed by atoms with Crippen molar-refractivity contribution in [3.05, 3.63) is 68.5 Å². The lowest BCUT2D eigenvalue weighted by atomic mass is 10.0. The van der Waals surface area contributed by atoms with Crippen molar-refractivity contribution in [1.82, 2.24) is 14.5 Å². The molecule has 7 nitrogen and oxygen atoms in total. The number of para-hydroxylation sites is 1. The number of nitrogens with one attached hydrogen (secondary N) is 2. The summed E-state index contributed by atoms with van der Waals surface area (Å²) in [5.41, 5.74) is 1.24. The number of anilines is 1. The van der Waals surface area contributed by atoms with Gasteiger partial charge in [-0.3, -0.25) is 19.1 Å². The number of rotatable bonds is 5. The Morgan fingerprint density at radius 1 is 1.26 bits per heavy atom. The number of carbonyl (C=O) groups excluding carboxylic acids is 1. The van der Waals surface area contributed by atoms with E-state index in [1.54, 1.807) is 0 Å². The minimum absolute atomic E-state index is 0.216. The van der Waals surface area contributed by atoms with Gasteiger partial charge in [-0.25, -0.2) is 9.78 Å². The fourth-order valence-electron chi connectivity index (χ4n) is 3.03. The average Bonchev–Trinajstić information content (AvgIpc) is 2.65. The molecular formula is C20H22N4O3. The highest BCUT2D eigenvalue weighted by Gasteiger charge is 2.15. The number of carbonyl (C=O) groups is 1. The zero-order valence-electron chi connectivity index (χ0n) is 15.6. The molecule has 3 rings (SSSR count). The quantitative estimate of drug-likeness (QED) is 0.725. The number of benzene rings is 1. The number of H-pyrrole nitrogens is 1. The standard InChI is InChI=1S/C20H22N4O3/c1-4-9-24-17-15(19(26)23-20(24)27)10-13(11-21-17)18(25)22-16-8-6-5-7-14(16)12(2)3/h5-8,10-12H,4,9H2,1-3H3,(H,22,25)(H,23,26,27). The third-order valence-electron chi connectivity index (χ3n) is 4.37. The van der Waals surface area contributed by atoms with E-state index in [0.717, 1.165) is 17.7 Å². The van der Waals surface area contributed by atoms with E-state index in [4.69, 9.17) is 0 Å². The van der Waals surface area contributed by atoms with E-state index < -0.39 is 11.2 Å². The highest BCUT2D eigenvalue weighted by molar-refractivity contribution is 6.05. The molecule has 2 aromatic heterocycles. The molecule has 0 aliphatic rings. The molecule has 0 saturated carbocycles. The molecule has 7 heteroatoms. The fourth-order valence-corrected chi connectivity index (χ4v) is 3.03. The van der Waals surface area contributed by atoms with Crippen molar-refractivity contribution in [3.63, 3.8) is 0 Å². The molecule has 0 saturated heterocycles. The van der Waals surface area contributed by atoms with Crippen LogP contribution in [0.4, 0.5) is 5.69 Å². The first kappa shape index (κ1) is 18.6. The average molecular weight is 366 g/mol. The van der Waals surface area contributed by atoms with Crippen LogP contribution in [0.5, 0.6) is 0 Å². The number of nitrogens with zero attached hydrogens (tertiary/aromatic N) is 2. The van der Waals surface area contributed by atoms with Gasteiger partial charge < -0.3 is 5.32 Å². The molecule has 0 spiro atoms. The Bertz CT molecular complexity index is 1110. The van der Waals surface area contributed by atoms with Gasteiger partial charge in [0.05, 0.1) is 10.9 Å². The first-order valence-corrected chi connectivity index (χ1v) is 8.95. The van der Waals surface area contributed by atoms with Gasteiger partial charge in [0.1, 0.15) is 5.65 Å². The van der Waals surface area contributed by atoms with E-state index in [1.807, 2.05) is 31.2 Å². The molecular weight excluding hydrogens is 344 g/mol. The zero-order chi connectivity index (χ0) is 19.6. The van der Waals surface area contributed by atoms with E-state index in [9.17, 15) is 14.4 Å². The number of pyridine rings is 1. The molecule has 3 aromatic rings. The van der Waals surface area contributed by atoms with Crippen LogP contribution < -0.4 is 16.6 Å². The van der Waals surface area contributed by atoms with Gasteiger partial charge in [0, 0.05) is 18.4 Å². The van der Waals surface area contributed by atoms with Gasteiger partial charge in [-0.2, -0.15) is 0 Å². The van der Waals surface area contributed by atoms with Gasteiger partial charge >= 0.3 is 5.69 Å². The van der Waals surface area contributed by atoms with Gasteiger partial charge in [0.2, 0.25) is 0 Å². The molecule has 0 radical (unpaired) electrons. The summed E-state index contributed by atoms with van der Waals surface area (Å²) in [5, 5.41) is 3.10. The lowest BCUT2D eigenvalue weighted by Gasteiger charge is -2.14. The van der Waals surface area contributed by atoms with Crippen molar-refractivity contribution in [2.24, 2.45) is 0 Å². The Balaban J connectivity index is 2.02. The largest absolute Gasteiger partial charge is 0.329 e. The van der Waals surface area contributed by atoms with Crippen molar-refractivity contribution >= 4 is 22.6 Å². The molecule has 0 aliphatic carbocycles. The lowest BCUT2D eigenvalue weighted by Crippen LogP contribution is -2.31. The summed E-state index contributed by atoms with van der Waals surface area (Å²) in [5.74, 6) is -0.104. The monoisotopic (exact) mass is 366 g/mol. The van der Waals surface area contributed by atoms with Crippen molar-refractivity contribution in [3.8, 4) is 0 Å². The Morgan fingerprint density at radius 3 is 2.70 bits per heavy atom. The van der Waals surface area contributed by atoms with Gasteiger partial charge in [0.15, 0.2) is 0 Å². The second-order valence-corrected chi connectivity index (χ2v) is 6.70. The summed E-state index contributed by atoms with van der Waals surface area (Å²) < 4.78 is 1.41. The van der Waals surface area contributed by atoms with Gasteiger partial charge in [-0.1, -0.05) is 39.0 Å². The number of aromatic amines is 1. The third-order valence-corrected chi connectivity index (χ3v) is 4.37. The van der Waals surface area contributed by atoms with E-state index in [2.05, 4.69) is 29.1 Å². The van der Waals surface area contributed by atoms with Crippen LogP contribution in [0.25, 0.3) is 11.0 Å². The predicted molar refractivity (Wildman–Crippen MR) is 105 cm³/mol. The minimum Gasteiger partial charge on any atom is -0.322 e.